The minimum Gasteiger partial charge on any atom is -0.497 e. The van der Waals surface area contributed by atoms with E-state index in [0.29, 0.717) is 6.54 Å². The molecule has 0 radical (unpaired) electrons. The van der Waals surface area contributed by atoms with E-state index < -0.39 is 0 Å². The number of methoxy groups -OCH3 is 1. The Hall–Kier alpha value is -1.81. The number of benzene rings is 1. The Morgan fingerprint density at radius 2 is 2.35 bits per heavy atom. The second-order valence-corrected chi connectivity index (χ2v) is 4.10. The molecule has 17 heavy (non-hydrogen) atoms. The zero-order valence-corrected chi connectivity index (χ0v) is 9.94. The maximum absolute atomic E-state index is 5.96. The van der Waals surface area contributed by atoms with E-state index in [1.807, 2.05) is 24.4 Å². The molecular weight excluding hydrogens is 214 g/mol. The Kier molecular flexibility index (Phi) is 3.44. The topological polar surface area (TPSA) is 63.4 Å². The van der Waals surface area contributed by atoms with Crippen LogP contribution in [0.15, 0.2) is 29.4 Å². The third kappa shape index (κ3) is 2.47. The van der Waals surface area contributed by atoms with Gasteiger partial charge in [-0.1, -0.05) is 0 Å². The highest BCUT2D eigenvalue weighted by Crippen LogP contribution is 2.24. The van der Waals surface area contributed by atoms with E-state index in [1.165, 1.54) is 5.56 Å². The average Bonchev–Trinajstić information content (AvgIpc) is 2.72. The summed E-state index contributed by atoms with van der Waals surface area (Å²) in [6, 6.07) is 5.98. The van der Waals surface area contributed by atoms with Crippen LogP contribution >= 0.6 is 0 Å². The summed E-state index contributed by atoms with van der Waals surface area (Å²) in [6.07, 6.45) is 2.78. The lowest BCUT2D eigenvalue weighted by atomic mass is 10.1. The van der Waals surface area contributed by atoms with Gasteiger partial charge < -0.3 is 15.5 Å². The minimum atomic E-state index is 0.0118. The van der Waals surface area contributed by atoms with Crippen molar-refractivity contribution in [2.75, 3.05) is 13.7 Å². The van der Waals surface area contributed by atoms with Crippen LogP contribution in [-0.2, 0) is 6.42 Å². The standard InChI is InChI=1S/C13H17N3O/c1-15-8-10(14)5-9-7-16-13-4-3-11(17-2)6-12(9)13/h3-4,6-7,10,16H,1,5,8,14H2,2H3. The number of H-pyrrole nitrogens is 1. The number of hydrogen-bond acceptors (Lipinski definition) is 3. The summed E-state index contributed by atoms with van der Waals surface area (Å²) in [5.41, 5.74) is 8.24. The number of nitrogens with two attached hydrogens (primary N) is 1. The number of nitrogens with zero attached hydrogens (tertiary/aromatic N) is 1. The van der Waals surface area contributed by atoms with Gasteiger partial charge in [0.1, 0.15) is 5.75 Å². The van der Waals surface area contributed by atoms with Gasteiger partial charge in [-0.2, -0.15) is 0 Å². The van der Waals surface area contributed by atoms with Gasteiger partial charge in [0.25, 0.3) is 0 Å². The van der Waals surface area contributed by atoms with Gasteiger partial charge in [0.2, 0.25) is 0 Å². The third-order valence-corrected chi connectivity index (χ3v) is 2.82. The highest BCUT2D eigenvalue weighted by molar-refractivity contribution is 5.84. The lowest BCUT2D eigenvalue weighted by Gasteiger charge is -2.07. The molecule has 0 fully saturated rings. The van der Waals surface area contributed by atoms with Gasteiger partial charge in [-0.15, -0.1) is 0 Å². The zero-order chi connectivity index (χ0) is 12.3. The molecule has 2 aromatic rings. The Bertz CT molecular complexity index is 518. The van der Waals surface area contributed by atoms with Crippen molar-refractivity contribution in [1.29, 1.82) is 0 Å². The lowest BCUT2D eigenvalue weighted by Crippen LogP contribution is -2.25. The molecule has 0 bridgehead atoms. The largest absolute Gasteiger partial charge is 0.497 e. The normalized spacial score (nSPS) is 12.6. The molecule has 4 nitrogen and oxygen atoms in total. The summed E-state index contributed by atoms with van der Waals surface area (Å²) in [5.74, 6) is 0.855. The molecule has 0 saturated heterocycles. The second kappa shape index (κ2) is 5.01. The lowest BCUT2D eigenvalue weighted by molar-refractivity contribution is 0.415. The van der Waals surface area contributed by atoms with Crippen molar-refractivity contribution in [3.8, 4) is 5.75 Å². The number of hydrogen-bond donors (Lipinski definition) is 2. The number of rotatable bonds is 5. The third-order valence-electron chi connectivity index (χ3n) is 2.82. The first-order valence-electron chi connectivity index (χ1n) is 5.56. The first-order valence-corrected chi connectivity index (χ1v) is 5.56. The molecule has 0 aliphatic carbocycles. The molecule has 4 heteroatoms. The molecule has 3 N–H and O–H groups in total. The second-order valence-electron chi connectivity index (χ2n) is 4.10. The smallest absolute Gasteiger partial charge is 0.119 e. The minimum absolute atomic E-state index is 0.0118. The molecule has 1 atom stereocenters. The van der Waals surface area contributed by atoms with Gasteiger partial charge in [-0.25, -0.2) is 0 Å². The van der Waals surface area contributed by atoms with E-state index in [2.05, 4.69) is 16.7 Å². The molecule has 0 aliphatic heterocycles. The Labute approximate surface area is 100 Å². The van der Waals surface area contributed by atoms with E-state index in [9.17, 15) is 0 Å². The summed E-state index contributed by atoms with van der Waals surface area (Å²) in [7, 11) is 1.67. The summed E-state index contributed by atoms with van der Waals surface area (Å²) >= 11 is 0. The fourth-order valence-corrected chi connectivity index (χ4v) is 1.97. The molecule has 1 heterocycles. The van der Waals surface area contributed by atoms with Crippen LogP contribution in [0, 0.1) is 0 Å². The molecule has 1 unspecified atom stereocenters. The van der Waals surface area contributed by atoms with Gasteiger partial charge in [0.05, 0.1) is 13.7 Å². The van der Waals surface area contributed by atoms with Crippen LogP contribution in [0.2, 0.25) is 0 Å². The molecule has 0 spiro atoms. The average molecular weight is 231 g/mol. The van der Waals surface area contributed by atoms with Crippen LogP contribution in [0.5, 0.6) is 5.75 Å². The Morgan fingerprint density at radius 3 is 3.06 bits per heavy atom. The van der Waals surface area contributed by atoms with Crippen LogP contribution < -0.4 is 10.5 Å². The van der Waals surface area contributed by atoms with Crippen molar-refractivity contribution < 1.29 is 4.74 Å². The number of nitrogens with one attached hydrogen (secondary N) is 1. The number of aromatic nitrogens is 1. The molecular formula is C13H17N3O. The Morgan fingerprint density at radius 1 is 1.53 bits per heavy atom. The van der Waals surface area contributed by atoms with Crippen molar-refractivity contribution in [3.63, 3.8) is 0 Å². The maximum Gasteiger partial charge on any atom is 0.119 e. The summed E-state index contributed by atoms with van der Waals surface area (Å²) in [6.45, 7) is 4.04. The zero-order valence-electron chi connectivity index (χ0n) is 9.94. The van der Waals surface area contributed by atoms with E-state index in [-0.39, 0.29) is 6.04 Å². The van der Waals surface area contributed by atoms with Crippen molar-refractivity contribution in [2.24, 2.45) is 10.7 Å². The van der Waals surface area contributed by atoms with Crippen molar-refractivity contribution in [2.45, 2.75) is 12.5 Å². The van der Waals surface area contributed by atoms with Crippen LogP contribution in [0.4, 0.5) is 0 Å². The summed E-state index contributed by atoms with van der Waals surface area (Å²) in [4.78, 5) is 7.05. The predicted octanol–water partition coefficient (Wildman–Crippen LogP) is 1.75. The van der Waals surface area contributed by atoms with Gasteiger partial charge in [-0.3, -0.25) is 4.99 Å². The van der Waals surface area contributed by atoms with E-state index in [0.717, 1.165) is 23.1 Å². The predicted molar refractivity (Wildman–Crippen MR) is 70.9 cm³/mol. The van der Waals surface area contributed by atoms with E-state index in [4.69, 9.17) is 10.5 Å². The first kappa shape index (κ1) is 11.7. The fourth-order valence-electron chi connectivity index (χ4n) is 1.97. The highest BCUT2D eigenvalue weighted by atomic mass is 16.5. The molecule has 2 rings (SSSR count). The van der Waals surface area contributed by atoms with Gasteiger partial charge in [0, 0.05) is 23.1 Å². The van der Waals surface area contributed by atoms with Gasteiger partial charge >= 0.3 is 0 Å². The Balaban J connectivity index is 2.30. The highest BCUT2D eigenvalue weighted by Gasteiger charge is 2.09. The molecule has 0 amide bonds. The number of aromatic amines is 1. The number of fused-ring (bicyclic) bond motifs is 1. The summed E-state index contributed by atoms with van der Waals surface area (Å²) in [5, 5.41) is 1.16. The van der Waals surface area contributed by atoms with Gasteiger partial charge in [0.15, 0.2) is 0 Å². The molecule has 1 aromatic heterocycles. The van der Waals surface area contributed by atoms with Crippen LogP contribution in [0.3, 0.4) is 0 Å². The first-order chi connectivity index (χ1) is 8.24. The molecule has 1 aromatic carbocycles. The van der Waals surface area contributed by atoms with Crippen molar-refractivity contribution >= 4 is 17.6 Å². The van der Waals surface area contributed by atoms with Crippen LogP contribution in [0.25, 0.3) is 10.9 Å². The van der Waals surface area contributed by atoms with Gasteiger partial charge in [-0.05, 0) is 36.9 Å². The van der Waals surface area contributed by atoms with Crippen LogP contribution in [0.1, 0.15) is 5.56 Å². The number of aliphatic imine (C=N–C) groups is 1. The SMILES string of the molecule is C=NCC(N)Cc1c[nH]c2ccc(OC)cc12. The van der Waals surface area contributed by atoms with Crippen LogP contribution in [-0.4, -0.2) is 31.4 Å². The quantitative estimate of drug-likeness (QED) is 0.770. The monoisotopic (exact) mass is 231 g/mol. The maximum atomic E-state index is 5.96. The number of ether oxygens (including phenoxy) is 1. The molecule has 0 saturated carbocycles. The van der Waals surface area contributed by atoms with E-state index >= 15 is 0 Å². The fraction of sp³-hybridized carbons (Fsp3) is 0.308. The molecule has 0 aliphatic rings. The van der Waals surface area contributed by atoms with Crippen molar-refractivity contribution in [1.82, 2.24) is 4.98 Å². The molecule has 90 valence electrons. The van der Waals surface area contributed by atoms with E-state index in [1.54, 1.807) is 7.11 Å². The summed E-state index contributed by atoms with van der Waals surface area (Å²) < 4.78 is 5.23. The van der Waals surface area contributed by atoms with Crippen molar-refractivity contribution in [3.05, 3.63) is 30.0 Å².